The zero-order valence-corrected chi connectivity index (χ0v) is 11.7. The molecule has 1 unspecified atom stereocenters. The van der Waals surface area contributed by atoms with Crippen LogP contribution in [0.15, 0.2) is 30.7 Å². The van der Waals surface area contributed by atoms with Crippen molar-refractivity contribution in [1.29, 1.82) is 0 Å². The molecule has 2 rings (SSSR count). The second-order valence-electron chi connectivity index (χ2n) is 4.94. The number of alkyl halides is 3. The lowest BCUT2D eigenvalue weighted by Gasteiger charge is -2.29. The van der Waals surface area contributed by atoms with E-state index in [1.807, 2.05) is 0 Å². The van der Waals surface area contributed by atoms with Gasteiger partial charge in [0.05, 0.1) is 11.9 Å². The molecule has 21 heavy (non-hydrogen) atoms. The Hall–Kier alpha value is -1.89. The first kappa shape index (κ1) is 15.5. The largest absolute Gasteiger partial charge is 0.422 e. The monoisotopic (exact) mass is 299 g/mol. The van der Waals surface area contributed by atoms with Gasteiger partial charge in [-0.1, -0.05) is 19.4 Å². The van der Waals surface area contributed by atoms with E-state index in [0.717, 1.165) is 5.56 Å². The van der Waals surface area contributed by atoms with Gasteiger partial charge in [0, 0.05) is 30.6 Å². The first-order valence-corrected chi connectivity index (χ1v) is 6.52. The van der Waals surface area contributed by atoms with E-state index in [1.54, 1.807) is 31.0 Å². The lowest BCUT2D eigenvalue weighted by Crippen LogP contribution is -2.42. The van der Waals surface area contributed by atoms with Gasteiger partial charge in [-0.15, -0.1) is 0 Å². The van der Waals surface area contributed by atoms with E-state index in [-0.39, 0.29) is 12.1 Å². The Bertz CT molecular complexity index is 607. The molecule has 0 saturated carbocycles. The van der Waals surface area contributed by atoms with Crippen LogP contribution < -0.4 is 0 Å². The Kier molecular flexibility index (Phi) is 4.04. The molecule has 1 N–H and O–H groups in total. The average molecular weight is 299 g/mol. The van der Waals surface area contributed by atoms with Crippen molar-refractivity contribution in [3.05, 3.63) is 36.4 Å². The van der Waals surface area contributed by atoms with Gasteiger partial charge in [-0.3, -0.25) is 9.67 Å². The summed E-state index contributed by atoms with van der Waals surface area (Å²) in [6.45, 7) is 1.58. The quantitative estimate of drug-likeness (QED) is 0.944. The second kappa shape index (κ2) is 5.48. The highest BCUT2D eigenvalue weighted by atomic mass is 19.4. The van der Waals surface area contributed by atoms with Gasteiger partial charge in [0.25, 0.3) is 0 Å². The molecule has 0 radical (unpaired) electrons. The maximum Gasteiger partial charge on any atom is 0.422 e. The molecular weight excluding hydrogens is 283 g/mol. The molecule has 0 aliphatic heterocycles. The predicted molar refractivity (Wildman–Crippen MR) is 71.3 cm³/mol. The minimum Gasteiger partial charge on any atom is -0.375 e. The minimum atomic E-state index is -4.76. The van der Waals surface area contributed by atoms with Crippen LogP contribution >= 0.6 is 0 Å². The van der Waals surface area contributed by atoms with Crippen LogP contribution in [-0.4, -0.2) is 26.0 Å². The summed E-state index contributed by atoms with van der Waals surface area (Å²) in [6, 6.07) is 2.72. The molecule has 0 aliphatic carbocycles. The third kappa shape index (κ3) is 2.92. The fraction of sp³-hybridized carbons (Fsp3) is 0.429. The fourth-order valence-electron chi connectivity index (χ4n) is 2.16. The van der Waals surface area contributed by atoms with Gasteiger partial charge in [-0.2, -0.15) is 18.3 Å². The Morgan fingerprint density at radius 3 is 2.33 bits per heavy atom. The Balaban J connectivity index is 2.36. The summed E-state index contributed by atoms with van der Waals surface area (Å²) in [5, 5.41) is 14.0. The molecule has 1 atom stereocenters. The van der Waals surface area contributed by atoms with Gasteiger partial charge in [-0.25, -0.2) is 0 Å². The topological polar surface area (TPSA) is 50.9 Å². The fourth-order valence-corrected chi connectivity index (χ4v) is 2.16. The van der Waals surface area contributed by atoms with Crippen LogP contribution in [0.3, 0.4) is 0 Å². The van der Waals surface area contributed by atoms with Crippen molar-refractivity contribution in [2.24, 2.45) is 7.05 Å². The molecule has 0 amide bonds. The molecule has 2 heterocycles. The predicted octanol–water partition coefficient (Wildman–Crippen LogP) is 3.03. The van der Waals surface area contributed by atoms with Gasteiger partial charge in [-0.05, 0) is 12.5 Å². The van der Waals surface area contributed by atoms with Crippen LogP contribution in [-0.2, 0) is 12.6 Å². The van der Waals surface area contributed by atoms with Crippen LogP contribution in [0, 0.1) is 0 Å². The lowest BCUT2D eigenvalue weighted by atomic mass is 9.92. The van der Waals surface area contributed by atoms with E-state index in [2.05, 4.69) is 10.1 Å². The number of aryl methyl sites for hydroxylation is 1. The highest BCUT2D eigenvalue weighted by molar-refractivity contribution is 5.60. The van der Waals surface area contributed by atoms with Crippen LogP contribution in [0.2, 0.25) is 0 Å². The summed E-state index contributed by atoms with van der Waals surface area (Å²) in [5.41, 5.74) is -1.89. The minimum absolute atomic E-state index is 0.196. The highest BCUT2D eigenvalue weighted by Crippen LogP contribution is 2.41. The second-order valence-corrected chi connectivity index (χ2v) is 4.94. The van der Waals surface area contributed by atoms with Crippen molar-refractivity contribution in [3.63, 3.8) is 0 Å². The molecule has 0 bridgehead atoms. The standard InChI is InChI=1S/C14H16F3N3O/c1-3-6-13(21,14(15,16)17)12-5-4-10(7-18-12)11-8-19-20(2)9-11/h4-5,7-9,21H,3,6H2,1-2H3. The zero-order valence-electron chi connectivity index (χ0n) is 11.7. The van der Waals surface area contributed by atoms with Crippen LogP contribution in [0.1, 0.15) is 25.5 Å². The Labute approximate surface area is 120 Å². The third-order valence-electron chi connectivity index (χ3n) is 3.31. The van der Waals surface area contributed by atoms with Crippen molar-refractivity contribution in [3.8, 4) is 11.1 Å². The summed E-state index contributed by atoms with van der Waals surface area (Å²) < 4.78 is 40.9. The summed E-state index contributed by atoms with van der Waals surface area (Å²) in [4.78, 5) is 3.81. The average Bonchev–Trinajstić information content (AvgIpc) is 2.84. The van der Waals surface area contributed by atoms with Crippen LogP contribution in [0.5, 0.6) is 0 Å². The van der Waals surface area contributed by atoms with Gasteiger partial charge < -0.3 is 5.11 Å². The van der Waals surface area contributed by atoms with Crippen molar-refractivity contribution in [2.75, 3.05) is 0 Å². The van der Waals surface area contributed by atoms with E-state index >= 15 is 0 Å². The molecule has 0 aliphatic rings. The van der Waals surface area contributed by atoms with E-state index in [4.69, 9.17) is 0 Å². The maximum absolute atomic E-state index is 13.1. The number of halogens is 3. The number of pyridine rings is 1. The molecule has 0 saturated heterocycles. The molecule has 2 aromatic rings. The Morgan fingerprint density at radius 2 is 1.90 bits per heavy atom. The maximum atomic E-state index is 13.1. The summed E-state index contributed by atoms with van der Waals surface area (Å²) in [6.07, 6.45) is -0.334. The molecule has 7 heteroatoms. The first-order valence-electron chi connectivity index (χ1n) is 6.52. The molecule has 114 valence electrons. The number of hydrogen-bond donors (Lipinski definition) is 1. The van der Waals surface area contributed by atoms with Crippen LogP contribution in [0.4, 0.5) is 13.2 Å². The highest BCUT2D eigenvalue weighted by Gasteiger charge is 2.55. The third-order valence-corrected chi connectivity index (χ3v) is 3.31. The number of hydrogen-bond acceptors (Lipinski definition) is 3. The SMILES string of the molecule is CCCC(O)(c1ccc(-c2cnn(C)c2)cn1)C(F)(F)F. The first-order chi connectivity index (χ1) is 9.78. The molecule has 0 aromatic carbocycles. The van der Waals surface area contributed by atoms with Gasteiger partial charge >= 0.3 is 6.18 Å². The number of nitrogens with zero attached hydrogens (tertiary/aromatic N) is 3. The van der Waals surface area contributed by atoms with E-state index in [1.165, 1.54) is 18.3 Å². The number of aromatic nitrogens is 3. The van der Waals surface area contributed by atoms with E-state index in [9.17, 15) is 18.3 Å². The smallest absolute Gasteiger partial charge is 0.375 e. The van der Waals surface area contributed by atoms with Crippen molar-refractivity contribution < 1.29 is 18.3 Å². The molecule has 4 nitrogen and oxygen atoms in total. The summed E-state index contributed by atoms with van der Waals surface area (Å²) in [7, 11) is 1.74. The molecule has 0 fully saturated rings. The molecular formula is C14H16F3N3O. The van der Waals surface area contributed by atoms with Crippen LogP contribution in [0.25, 0.3) is 11.1 Å². The van der Waals surface area contributed by atoms with Crippen molar-refractivity contribution in [1.82, 2.24) is 14.8 Å². The molecule has 2 aromatic heterocycles. The number of aliphatic hydroxyl groups is 1. The van der Waals surface area contributed by atoms with Crippen molar-refractivity contribution in [2.45, 2.75) is 31.5 Å². The van der Waals surface area contributed by atoms with Gasteiger partial charge in [0.1, 0.15) is 0 Å². The lowest BCUT2D eigenvalue weighted by molar-refractivity contribution is -0.270. The molecule has 0 spiro atoms. The Morgan fingerprint density at radius 1 is 1.19 bits per heavy atom. The zero-order chi connectivity index (χ0) is 15.7. The number of rotatable bonds is 4. The normalized spacial score (nSPS) is 15.0. The van der Waals surface area contributed by atoms with E-state index in [0.29, 0.717) is 5.56 Å². The van der Waals surface area contributed by atoms with Gasteiger partial charge in [0.15, 0.2) is 0 Å². The summed E-state index contributed by atoms with van der Waals surface area (Å²) in [5.74, 6) is 0. The van der Waals surface area contributed by atoms with Gasteiger partial charge in [0.2, 0.25) is 5.60 Å². The van der Waals surface area contributed by atoms with E-state index < -0.39 is 18.2 Å². The van der Waals surface area contributed by atoms with Crippen molar-refractivity contribution >= 4 is 0 Å². The summed E-state index contributed by atoms with van der Waals surface area (Å²) >= 11 is 0.